The summed E-state index contributed by atoms with van der Waals surface area (Å²) in [5, 5.41) is 0. The van der Waals surface area contributed by atoms with Gasteiger partial charge in [-0.25, -0.2) is 4.79 Å². The molecule has 0 spiro atoms. The van der Waals surface area contributed by atoms with Crippen molar-refractivity contribution in [2.75, 3.05) is 26.7 Å². The largest absolute Gasteiger partial charge is 0.445 e. The molecule has 1 aromatic carbocycles. The van der Waals surface area contributed by atoms with Gasteiger partial charge in [-0.2, -0.15) is 0 Å². The number of rotatable bonds is 4. The molecule has 1 saturated heterocycles. The Labute approximate surface area is 130 Å². The van der Waals surface area contributed by atoms with Crippen LogP contribution in [-0.4, -0.2) is 54.5 Å². The Morgan fingerprint density at radius 3 is 2.77 bits per heavy atom. The Bertz CT molecular complexity index is 507. The number of hydrogen-bond acceptors (Lipinski definition) is 4. The van der Waals surface area contributed by atoms with Gasteiger partial charge in [-0.1, -0.05) is 30.3 Å². The van der Waals surface area contributed by atoms with E-state index in [0.717, 1.165) is 18.4 Å². The molecular formula is C16H23N3O3. The lowest BCUT2D eigenvalue weighted by Crippen LogP contribution is -2.51. The van der Waals surface area contributed by atoms with Crippen molar-refractivity contribution in [2.24, 2.45) is 5.73 Å². The molecular weight excluding hydrogens is 282 g/mol. The molecule has 0 radical (unpaired) electrons. The summed E-state index contributed by atoms with van der Waals surface area (Å²) in [5.74, 6) is -0.107. The molecule has 22 heavy (non-hydrogen) atoms. The first-order valence-corrected chi connectivity index (χ1v) is 7.53. The number of amides is 2. The van der Waals surface area contributed by atoms with Gasteiger partial charge in [0.1, 0.15) is 6.61 Å². The van der Waals surface area contributed by atoms with Crippen molar-refractivity contribution in [2.45, 2.75) is 25.5 Å². The number of benzene rings is 1. The maximum Gasteiger partial charge on any atom is 0.410 e. The number of carbonyl (C=O) groups excluding carboxylic acids is 2. The highest BCUT2D eigenvalue weighted by atomic mass is 16.6. The predicted molar refractivity (Wildman–Crippen MR) is 83.0 cm³/mol. The second-order valence-corrected chi connectivity index (χ2v) is 5.49. The fraction of sp³-hybridized carbons (Fsp3) is 0.500. The number of hydrogen-bond donors (Lipinski definition) is 1. The lowest BCUT2D eigenvalue weighted by molar-refractivity contribution is -0.131. The van der Waals surface area contributed by atoms with Crippen molar-refractivity contribution in [3.8, 4) is 0 Å². The highest BCUT2D eigenvalue weighted by Crippen LogP contribution is 2.16. The number of likely N-dealkylation sites (N-methyl/N-ethyl adjacent to an activating group) is 1. The Morgan fingerprint density at radius 1 is 1.36 bits per heavy atom. The lowest BCUT2D eigenvalue weighted by atomic mass is 10.0. The molecule has 6 nitrogen and oxygen atoms in total. The van der Waals surface area contributed by atoms with Crippen LogP contribution in [0.25, 0.3) is 0 Å². The zero-order valence-corrected chi connectivity index (χ0v) is 12.9. The van der Waals surface area contributed by atoms with E-state index in [2.05, 4.69) is 0 Å². The topological polar surface area (TPSA) is 75.9 Å². The van der Waals surface area contributed by atoms with E-state index < -0.39 is 0 Å². The molecule has 1 fully saturated rings. The summed E-state index contributed by atoms with van der Waals surface area (Å²) in [6, 6.07) is 9.58. The van der Waals surface area contributed by atoms with Gasteiger partial charge in [0.05, 0.1) is 6.54 Å². The molecule has 1 aliphatic heterocycles. The average Bonchev–Trinajstić information content (AvgIpc) is 2.59. The van der Waals surface area contributed by atoms with E-state index in [-0.39, 0.29) is 31.2 Å². The maximum atomic E-state index is 12.2. The SMILES string of the molecule is CN(C(=O)CN)[C@@H]1CCCN(C(=O)OCc2ccccc2)C1. The third-order valence-corrected chi connectivity index (χ3v) is 3.98. The average molecular weight is 305 g/mol. The minimum Gasteiger partial charge on any atom is -0.445 e. The molecule has 1 atom stereocenters. The van der Waals surface area contributed by atoms with E-state index in [4.69, 9.17) is 10.5 Å². The number of piperidine rings is 1. The van der Waals surface area contributed by atoms with Crippen molar-refractivity contribution < 1.29 is 14.3 Å². The zero-order valence-electron chi connectivity index (χ0n) is 12.9. The van der Waals surface area contributed by atoms with Crippen LogP contribution in [0.15, 0.2) is 30.3 Å². The van der Waals surface area contributed by atoms with E-state index >= 15 is 0 Å². The molecule has 6 heteroatoms. The molecule has 120 valence electrons. The van der Waals surface area contributed by atoms with Crippen LogP contribution in [0.1, 0.15) is 18.4 Å². The van der Waals surface area contributed by atoms with E-state index in [1.165, 1.54) is 0 Å². The molecule has 0 aliphatic carbocycles. The fourth-order valence-electron chi connectivity index (χ4n) is 2.59. The summed E-state index contributed by atoms with van der Waals surface area (Å²) in [4.78, 5) is 27.1. The molecule has 0 aromatic heterocycles. The summed E-state index contributed by atoms with van der Waals surface area (Å²) in [6.07, 6.45) is 1.40. The highest BCUT2D eigenvalue weighted by Gasteiger charge is 2.28. The van der Waals surface area contributed by atoms with Gasteiger partial charge in [0.25, 0.3) is 0 Å². The van der Waals surface area contributed by atoms with Crippen molar-refractivity contribution >= 4 is 12.0 Å². The quantitative estimate of drug-likeness (QED) is 0.907. The summed E-state index contributed by atoms with van der Waals surface area (Å²) < 4.78 is 5.34. The van der Waals surface area contributed by atoms with Gasteiger partial charge >= 0.3 is 6.09 Å². The van der Waals surface area contributed by atoms with Gasteiger partial charge in [-0.3, -0.25) is 4.79 Å². The summed E-state index contributed by atoms with van der Waals surface area (Å²) in [6.45, 7) is 1.41. The van der Waals surface area contributed by atoms with Crippen LogP contribution in [0.4, 0.5) is 4.79 Å². The smallest absolute Gasteiger partial charge is 0.410 e. The number of ether oxygens (including phenoxy) is 1. The third-order valence-electron chi connectivity index (χ3n) is 3.98. The van der Waals surface area contributed by atoms with Gasteiger partial charge < -0.3 is 20.3 Å². The van der Waals surface area contributed by atoms with Crippen molar-refractivity contribution in [3.63, 3.8) is 0 Å². The van der Waals surface area contributed by atoms with Gasteiger partial charge in [0.2, 0.25) is 5.91 Å². The fourth-order valence-corrected chi connectivity index (χ4v) is 2.59. The normalized spacial score (nSPS) is 17.9. The summed E-state index contributed by atoms with van der Waals surface area (Å²) in [7, 11) is 1.73. The molecule has 1 heterocycles. The zero-order chi connectivity index (χ0) is 15.9. The predicted octanol–water partition coefficient (Wildman–Crippen LogP) is 1.20. The van der Waals surface area contributed by atoms with Crippen LogP contribution in [0.3, 0.4) is 0 Å². The maximum absolute atomic E-state index is 12.2. The highest BCUT2D eigenvalue weighted by molar-refractivity contribution is 5.78. The van der Waals surface area contributed by atoms with Gasteiger partial charge in [-0.05, 0) is 18.4 Å². The lowest BCUT2D eigenvalue weighted by Gasteiger charge is -2.36. The van der Waals surface area contributed by atoms with E-state index in [0.29, 0.717) is 13.1 Å². The molecule has 2 N–H and O–H groups in total. The van der Waals surface area contributed by atoms with Gasteiger partial charge in [0, 0.05) is 26.2 Å². The Balaban J connectivity index is 1.86. The van der Waals surface area contributed by atoms with E-state index in [9.17, 15) is 9.59 Å². The van der Waals surface area contributed by atoms with Crippen molar-refractivity contribution in [1.82, 2.24) is 9.80 Å². The molecule has 1 aromatic rings. The minimum atomic E-state index is -0.331. The first-order valence-electron chi connectivity index (χ1n) is 7.53. The standard InChI is InChI=1S/C16H23N3O3/c1-18(15(20)10-17)14-8-5-9-19(11-14)16(21)22-12-13-6-3-2-4-7-13/h2-4,6-7,14H,5,8-12,17H2,1H3/t14-/m1/s1. The Kier molecular flexibility index (Phi) is 5.77. The minimum absolute atomic E-state index is 0.00840. The molecule has 2 amide bonds. The number of nitrogens with zero attached hydrogens (tertiary/aromatic N) is 2. The summed E-state index contributed by atoms with van der Waals surface area (Å²) in [5.41, 5.74) is 6.35. The van der Waals surface area contributed by atoms with Crippen LogP contribution in [0, 0.1) is 0 Å². The van der Waals surface area contributed by atoms with Crippen LogP contribution in [0.2, 0.25) is 0 Å². The second-order valence-electron chi connectivity index (χ2n) is 5.49. The first-order chi connectivity index (χ1) is 10.6. The number of likely N-dealkylation sites (tertiary alicyclic amines) is 1. The Morgan fingerprint density at radius 2 is 2.09 bits per heavy atom. The number of carbonyl (C=O) groups is 2. The van der Waals surface area contributed by atoms with Gasteiger partial charge in [-0.15, -0.1) is 0 Å². The van der Waals surface area contributed by atoms with E-state index in [1.54, 1.807) is 16.8 Å². The summed E-state index contributed by atoms with van der Waals surface area (Å²) >= 11 is 0. The molecule has 0 bridgehead atoms. The third kappa shape index (κ3) is 4.21. The van der Waals surface area contributed by atoms with E-state index in [1.807, 2.05) is 30.3 Å². The second kappa shape index (κ2) is 7.79. The van der Waals surface area contributed by atoms with Crippen LogP contribution in [0.5, 0.6) is 0 Å². The Hall–Kier alpha value is -2.08. The first kappa shape index (κ1) is 16.3. The molecule has 0 unspecified atom stereocenters. The molecule has 2 rings (SSSR count). The van der Waals surface area contributed by atoms with Crippen molar-refractivity contribution in [3.05, 3.63) is 35.9 Å². The van der Waals surface area contributed by atoms with Crippen molar-refractivity contribution in [1.29, 1.82) is 0 Å². The van der Waals surface area contributed by atoms with Crippen LogP contribution < -0.4 is 5.73 Å². The number of nitrogens with two attached hydrogens (primary N) is 1. The van der Waals surface area contributed by atoms with Crippen LogP contribution in [-0.2, 0) is 16.1 Å². The van der Waals surface area contributed by atoms with Crippen LogP contribution >= 0.6 is 0 Å². The molecule has 1 aliphatic rings. The molecule has 0 saturated carbocycles. The monoisotopic (exact) mass is 305 g/mol. The van der Waals surface area contributed by atoms with Gasteiger partial charge in [0.15, 0.2) is 0 Å².